The van der Waals surface area contributed by atoms with E-state index in [1.165, 1.54) is 0 Å². The number of rotatable bonds is 8. The molecule has 144 valence electrons. The maximum atomic E-state index is 5.32. The van der Waals surface area contributed by atoms with Crippen molar-refractivity contribution in [3.05, 3.63) is 17.7 Å². The number of benzene rings is 1. The lowest BCUT2D eigenvalue weighted by Gasteiger charge is -2.26. The summed E-state index contributed by atoms with van der Waals surface area (Å²) < 4.78 is 21.3. The highest BCUT2D eigenvalue weighted by Crippen LogP contribution is 2.37. The van der Waals surface area contributed by atoms with Crippen molar-refractivity contribution in [1.29, 1.82) is 0 Å². The van der Waals surface area contributed by atoms with E-state index in [2.05, 4.69) is 20.7 Å². The van der Waals surface area contributed by atoms with Gasteiger partial charge in [0.25, 0.3) is 0 Å². The Kier molecular flexibility index (Phi) is 8.39. The summed E-state index contributed by atoms with van der Waals surface area (Å²) in [5.41, 5.74) is 3.60. The first-order chi connectivity index (χ1) is 12.7. The molecule has 0 saturated carbocycles. The van der Waals surface area contributed by atoms with E-state index >= 15 is 0 Å². The number of hydrazone groups is 1. The third kappa shape index (κ3) is 6.01. The normalized spacial score (nSPS) is 14.9. The van der Waals surface area contributed by atoms with Crippen LogP contribution in [0.1, 0.15) is 5.56 Å². The summed E-state index contributed by atoms with van der Waals surface area (Å²) in [6.07, 6.45) is 1.64. The summed E-state index contributed by atoms with van der Waals surface area (Å²) in [6, 6.07) is 3.61. The first kappa shape index (κ1) is 20.2. The van der Waals surface area contributed by atoms with Gasteiger partial charge in [-0.1, -0.05) is 0 Å². The number of thiocarbonyl (C=S) groups is 1. The van der Waals surface area contributed by atoms with Crippen molar-refractivity contribution in [1.82, 2.24) is 15.6 Å². The second kappa shape index (κ2) is 10.8. The summed E-state index contributed by atoms with van der Waals surface area (Å²) in [5, 5.41) is 7.76. The fourth-order valence-electron chi connectivity index (χ4n) is 2.53. The molecule has 26 heavy (non-hydrogen) atoms. The summed E-state index contributed by atoms with van der Waals surface area (Å²) in [6.45, 7) is 5.18. The van der Waals surface area contributed by atoms with Crippen LogP contribution in [-0.2, 0) is 4.74 Å². The van der Waals surface area contributed by atoms with Gasteiger partial charge in [0.05, 0.1) is 40.8 Å². The molecule has 8 nitrogen and oxygen atoms in total. The number of hydrogen-bond donors (Lipinski definition) is 2. The molecule has 9 heteroatoms. The number of ether oxygens (including phenoxy) is 4. The van der Waals surface area contributed by atoms with Gasteiger partial charge in [-0.25, -0.2) is 0 Å². The van der Waals surface area contributed by atoms with Crippen molar-refractivity contribution in [2.75, 3.05) is 60.7 Å². The molecule has 0 aromatic heterocycles. The summed E-state index contributed by atoms with van der Waals surface area (Å²) >= 11 is 5.22. The molecule has 0 aliphatic carbocycles. The lowest BCUT2D eigenvalue weighted by Crippen LogP contribution is -2.42. The zero-order chi connectivity index (χ0) is 18.8. The maximum absolute atomic E-state index is 5.32. The zero-order valence-electron chi connectivity index (χ0n) is 15.4. The van der Waals surface area contributed by atoms with Crippen LogP contribution in [0.3, 0.4) is 0 Å². The Bertz CT molecular complexity index is 596. The SMILES string of the molecule is COc1cc(/C=N\NC(=S)NCCN2CCOCC2)cc(OC)c1OC. The molecular formula is C17H26N4O4S. The van der Waals surface area contributed by atoms with Gasteiger partial charge >= 0.3 is 0 Å². The second-order valence-corrected chi connectivity index (χ2v) is 5.95. The van der Waals surface area contributed by atoms with Gasteiger partial charge in [0.1, 0.15) is 0 Å². The third-order valence-electron chi connectivity index (χ3n) is 3.88. The molecule has 1 aliphatic rings. The van der Waals surface area contributed by atoms with Crippen molar-refractivity contribution in [3.63, 3.8) is 0 Å². The van der Waals surface area contributed by atoms with Gasteiger partial charge in [0.2, 0.25) is 5.75 Å². The van der Waals surface area contributed by atoms with Crippen LogP contribution in [0.4, 0.5) is 0 Å². The first-order valence-electron chi connectivity index (χ1n) is 8.35. The molecule has 0 unspecified atom stereocenters. The Hall–Kier alpha value is -2.10. The fourth-order valence-corrected chi connectivity index (χ4v) is 2.69. The largest absolute Gasteiger partial charge is 0.493 e. The van der Waals surface area contributed by atoms with Crippen LogP contribution in [0.5, 0.6) is 17.2 Å². The van der Waals surface area contributed by atoms with Crippen LogP contribution in [0.15, 0.2) is 17.2 Å². The Morgan fingerprint density at radius 2 is 1.85 bits per heavy atom. The van der Waals surface area contributed by atoms with Gasteiger partial charge in [0, 0.05) is 31.7 Å². The highest BCUT2D eigenvalue weighted by Gasteiger charge is 2.12. The van der Waals surface area contributed by atoms with E-state index < -0.39 is 0 Å². The van der Waals surface area contributed by atoms with Crippen molar-refractivity contribution < 1.29 is 18.9 Å². The van der Waals surface area contributed by atoms with E-state index in [4.69, 9.17) is 31.2 Å². The average Bonchev–Trinajstić information content (AvgIpc) is 2.68. The summed E-state index contributed by atoms with van der Waals surface area (Å²) in [5.74, 6) is 1.68. The Morgan fingerprint density at radius 3 is 2.42 bits per heavy atom. The van der Waals surface area contributed by atoms with Crippen molar-refractivity contribution in [2.24, 2.45) is 5.10 Å². The second-order valence-electron chi connectivity index (χ2n) is 5.54. The number of hydrogen-bond acceptors (Lipinski definition) is 7. The van der Waals surface area contributed by atoms with E-state index in [-0.39, 0.29) is 0 Å². The smallest absolute Gasteiger partial charge is 0.203 e. The molecule has 1 heterocycles. The predicted molar refractivity (Wildman–Crippen MR) is 105 cm³/mol. The first-order valence-corrected chi connectivity index (χ1v) is 8.75. The third-order valence-corrected chi connectivity index (χ3v) is 4.12. The van der Waals surface area contributed by atoms with Crippen LogP contribution in [0, 0.1) is 0 Å². The van der Waals surface area contributed by atoms with Gasteiger partial charge in [0.15, 0.2) is 16.6 Å². The van der Waals surface area contributed by atoms with E-state index in [0.29, 0.717) is 22.4 Å². The molecule has 0 radical (unpaired) electrons. The van der Waals surface area contributed by atoms with E-state index in [1.54, 1.807) is 39.7 Å². The van der Waals surface area contributed by atoms with E-state index in [9.17, 15) is 0 Å². The lowest BCUT2D eigenvalue weighted by molar-refractivity contribution is 0.0389. The van der Waals surface area contributed by atoms with Gasteiger partial charge in [-0.3, -0.25) is 10.3 Å². The maximum Gasteiger partial charge on any atom is 0.203 e. The predicted octanol–water partition coefficient (Wildman–Crippen LogP) is 0.843. The van der Waals surface area contributed by atoms with E-state index in [1.807, 2.05) is 0 Å². The Morgan fingerprint density at radius 1 is 1.19 bits per heavy atom. The van der Waals surface area contributed by atoms with Crippen LogP contribution < -0.4 is 25.0 Å². The summed E-state index contributed by atoms with van der Waals surface area (Å²) in [4.78, 5) is 2.33. The molecule has 1 fully saturated rings. The monoisotopic (exact) mass is 382 g/mol. The van der Waals surface area contributed by atoms with E-state index in [0.717, 1.165) is 45.0 Å². The zero-order valence-corrected chi connectivity index (χ0v) is 16.2. The molecule has 1 aromatic rings. The number of nitrogens with one attached hydrogen (secondary N) is 2. The highest BCUT2D eigenvalue weighted by molar-refractivity contribution is 7.80. The minimum Gasteiger partial charge on any atom is -0.493 e. The molecular weight excluding hydrogens is 356 g/mol. The van der Waals surface area contributed by atoms with Crippen LogP contribution in [0.2, 0.25) is 0 Å². The quantitative estimate of drug-likeness (QED) is 0.389. The molecule has 1 saturated heterocycles. The van der Waals surface area contributed by atoms with Crippen molar-refractivity contribution in [2.45, 2.75) is 0 Å². The highest BCUT2D eigenvalue weighted by atomic mass is 32.1. The topological polar surface area (TPSA) is 76.6 Å². The molecule has 0 bridgehead atoms. The summed E-state index contributed by atoms with van der Waals surface area (Å²) in [7, 11) is 4.71. The molecule has 1 aliphatic heterocycles. The van der Waals surface area contributed by atoms with Crippen LogP contribution >= 0.6 is 12.2 Å². The Labute approximate surface area is 159 Å². The number of morpholine rings is 1. The minimum atomic E-state index is 0.474. The number of nitrogens with zero attached hydrogens (tertiary/aromatic N) is 2. The fraction of sp³-hybridized carbons (Fsp3) is 0.529. The van der Waals surface area contributed by atoms with Gasteiger partial charge in [-0.15, -0.1) is 0 Å². The van der Waals surface area contributed by atoms with Crippen molar-refractivity contribution >= 4 is 23.5 Å². The molecule has 2 rings (SSSR count). The standard InChI is InChI=1S/C17H26N4O4S/c1-22-14-10-13(11-15(23-2)16(14)24-3)12-19-20-17(26)18-4-5-21-6-8-25-9-7-21/h10-12H,4-9H2,1-3H3,(H2,18,20,26)/b19-12-. The molecule has 0 atom stereocenters. The molecule has 0 amide bonds. The average molecular weight is 382 g/mol. The van der Waals surface area contributed by atoms with Gasteiger partial charge < -0.3 is 24.3 Å². The molecule has 1 aromatic carbocycles. The van der Waals surface area contributed by atoms with Crippen LogP contribution in [-0.4, -0.2) is 76.9 Å². The molecule has 0 spiro atoms. The Balaban J connectivity index is 1.82. The molecule has 2 N–H and O–H groups in total. The lowest BCUT2D eigenvalue weighted by atomic mass is 10.2. The number of methoxy groups -OCH3 is 3. The van der Waals surface area contributed by atoms with Crippen LogP contribution in [0.25, 0.3) is 0 Å². The van der Waals surface area contributed by atoms with Crippen molar-refractivity contribution in [3.8, 4) is 17.2 Å². The van der Waals surface area contributed by atoms with Gasteiger partial charge in [-0.2, -0.15) is 5.10 Å². The van der Waals surface area contributed by atoms with Gasteiger partial charge in [-0.05, 0) is 24.4 Å². The minimum absolute atomic E-state index is 0.474.